The normalized spacial score (nSPS) is 38.4. The van der Waals surface area contributed by atoms with Gasteiger partial charge < -0.3 is 9.47 Å². The molecule has 9 heteroatoms. The molecule has 166 valence electrons. The van der Waals surface area contributed by atoms with Gasteiger partial charge in [-0.05, 0) is 74.0 Å². The lowest BCUT2D eigenvalue weighted by molar-refractivity contribution is -0.390. The van der Waals surface area contributed by atoms with Gasteiger partial charge in [-0.1, -0.05) is 13.3 Å². The molecular weight excluding hydrogens is 402 g/mol. The topological polar surface area (TPSA) is 35.5 Å². The molecule has 0 radical (unpaired) electrons. The fourth-order valence-electron chi connectivity index (χ4n) is 7.27. The second kappa shape index (κ2) is 6.94. The van der Waals surface area contributed by atoms with E-state index in [9.17, 15) is 31.1 Å². The first-order valence-corrected chi connectivity index (χ1v) is 10.5. The van der Waals surface area contributed by atoms with E-state index in [4.69, 9.17) is 0 Å². The van der Waals surface area contributed by atoms with Gasteiger partial charge in [-0.25, -0.2) is 4.79 Å². The number of hydrogen-bond acceptors (Lipinski definition) is 3. The van der Waals surface area contributed by atoms with E-state index in [0.717, 1.165) is 19.3 Å². The summed E-state index contributed by atoms with van der Waals surface area (Å²) in [6.07, 6.45) is -9.51. The van der Waals surface area contributed by atoms with Gasteiger partial charge in [-0.3, -0.25) is 0 Å². The van der Waals surface area contributed by atoms with Crippen molar-refractivity contribution in [2.45, 2.75) is 69.8 Å². The average molecular weight is 428 g/mol. The maximum absolute atomic E-state index is 14.1. The summed E-state index contributed by atoms with van der Waals surface area (Å²) in [7, 11) is 0. The van der Waals surface area contributed by atoms with Gasteiger partial charge in [0.2, 0.25) is 0 Å². The summed E-state index contributed by atoms with van der Waals surface area (Å²) in [5.74, 6) is -1.88. The third-order valence-corrected chi connectivity index (χ3v) is 8.06. The monoisotopic (exact) mass is 428 g/mol. The lowest BCUT2D eigenvalue weighted by atomic mass is 9.63. The van der Waals surface area contributed by atoms with Crippen molar-refractivity contribution in [1.82, 2.24) is 0 Å². The lowest BCUT2D eigenvalue weighted by Crippen LogP contribution is -2.66. The fourth-order valence-corrected chi connectivity index (χ4v) is 7.27. The molecule has 7 atom stereocenters. The third kappa shape index (κ3) is 3.04. The number of ether oxygens (including phenoxy) is 2. The molecule has 0 aromatic heterocycles. The van der Waals surface area contributed by atoms with E-state index in [0.29, 0.717) is 25.2 Å². The van der Waals surface area contributed by atoms with Crippen LogP contribution in [0.25, 0.3) is 0 Å². The molecule has 7 unspecified atom stereocenters. The molecule has 0 N–H and O–H groups in total. The highest BCUT2D eigenvalue weighted by Gasteiger charge is 2.81. The molecule has 0 amide bonds. The predicted octanol–water partition coefficient (Wildman–Crippen LogP) is 6.12. The fraction of sp³-hybridized carbons (Fsp3) is 0.950. The minimum absolute atomic E-state index is 0.110. The van der Waals surface area contributed by atoms with Crippen molar-refractivity contribution in [2.24, 2.45) is 41.4 Å². The number of halogens is 6. The SMILES string of the molecule is CCCCOC(=O)OC(C1CC2CC1C1C3CCC(C3)C21)(C(F)(F)F)C(F)(F)F. The zero-order chi connectivity index (χ0) is 21.2. The van der Waals surface area contributed by atoms with Crippen LogP contribution in [0, 0.1) is 41.4 Å². The van der Waals surface area contributed by atoms with Crippen LogP contribution in [0.3, 0.4) is 0 Å². The summed E-state index contributed by atoms with van der Waals surface area (Å²) in [6.45, 7) is 1.48. The van der Waals surface area contributed by atoms with Crippen LogP contribution in [-0.2, 0) is 9.47 Å². The van der Waals surface area contributed by atoms with Crippen molar-refractivity contribution in [3.8, 4) is 0 Å². The minimum atomic E-state index is -5.77. The predicted molar refractivity (Wildman–Crippen MR) is 89.7 cm³/mol. The molecule has 3 nitrogen and oxygen atoms in total. The molecule has 0 aliphatic heterocycles. The van der Waals surface area contributed by atoms with Crippen molar-refractivity contribution >= 4 is 6.16 Å². The maximum Gasteiger partial charge on any atom is 0.509 e. The van der Waals surface area contributed by atoms with Crippen molar-refractivity contribution in [2.75, 3.05) is 6.61 Å². The average Bonchev–Trinajstić information content (AvgIpc) is 3.35. The van der Waals surface area contributed by atoms with E-state index >= 15 is 0 Å². The number of hydrogen-bond donors (Lipinski definition) is 0. The summed E-state index contributed by atoms with van der Waals surface area (Å²) in [4.78, 5) is 11.9. The van der Waals surface area contributed by atoms with Gasteiger partial charge in [-0.2, -0.15) is 26.3 Å². The zero-order valence-electron chi connectivity index (χ0n) is 16.2. The Morgan fingerprint density at radius 1 is 0.897 bits per heavy atom. The van der Waals surface area contributed by atoms with Crippen LogP contribution in [0.4, 0.5) is 31.1 Å². The van der Waals surface area contributed by atoms with Gasteiger partial charge in [0.15, 0.2) is 0 Å². The van der Waals surface area contributed by atoms with E-state index in [-0.39, 0.29) is 36.7 Å². The van der Waals surface area contributed by atoms with Gasteiger partial charge >= 0.3 is 24.1 Å². The summed E-state index contributed by atoms with van der Waals surface area (Å²) in [5, 5.41) is 0. The van der Waals surface area contributed by atoms with Crippen molar-refractivity contribution in [3.63, 3.8) is 0 Å². The number of fused-ring (bicyclic) bond motifs is 9. The van der Waals surface area contributed by atoms with E-state index in [2.05, 4.69) is 9.47 Å². The van der Waals surface area contributed by atoms with E-state index in [1.165, 1.54) is 0 Å². The molecule has 0 aromatic rings. The Bertz CT molecular complexity index is 631. The van der Waals surface area contributed by atoms with E-state index < -0.39 is 35.9 Å². The Labute approximate surface area is 165 Å². The summed E-state index contributed by atoms with van der Waals surface area (Å²) in [6, 6.07) is 0. The molecule has 4 fully saturated rings. The quantitative estimate of drug-likeness (QED) is 0.229. The van der Waals surface area contributed by atoms with Crippen molar-refractivity contribution in [3.05, 3.63) is 0 Å². The summed E-state index contributed by atoms with van der Waals surface area (Å²) < 4.78 is 93.3. The van der Waals surface area contributed by atoms with Gasteiger partial charge in [0.05, 0.1) is 6.61 Å². The summed E-state index contributed by atoms with van der Waals surface area (Å²) in [5.41, 5.74) is -4.50. The number of carbonyl (C=O) groups is 1. The first-order valence-electron chi connectivity index (χ1n) is 10.5. The van der Waals surface area contributed by atoms with Crippen LogP contribution in [0.15, 0.2) is 0 Å². The van der Waals surface area contributed by atoms with E-state index in [1.807, 2.05) is 0 Å². The Balaban J connectivity index is 1.65. The molecule has 4 bridgehead atoms. The highest BCUT2D eigenvalue weighted by molar-refractivity contribution is 5.61. The van der Waals surface area contributed by atoms with Crippen molar-refractivity contribution in [1.29, 1.82) is 0 Å². The Morgan fingerprint density at radius 3 is 2.10 bits per heavy atom. The molecule has 0 spiro atoms. The smallest absolute Gasteiger partial charge is 0.434 e. The molecule has 4 rings (SSSR count). The molecule has 4 aliphatic carbocycles. The second-order valence-corrected chi connectivity index (χ2v) is 9.27. The first-order chi connectivity index (χ1) is 13.5. The van der Waals surface area contributed by atoms with Gasteiger partial charge in [0, 0.05) is 5.92 Å². The highest BCUT2D eigenvalue weighted by Crippen LogP contribution is 2.72. The Hall–Kier alpha value is -1.15. The van der Waals surface area contributed by atoms with Crippen molar-refractivity contribution < 1.29 is 40.6 Å². The van der Waals surface area contributed by atoms with Crippen LogP contribution in [0.2, 0.25) is 0 Å². The Morgan fingerprint density at radius 2 is 1.52 bits per heavy atom. The number of alkyl halides is 6. The van der Waals surface area contributed by atoms with Gasteiger partial charge in [0.25, 0.3) is 0 Å². The number of carbonyl (C=O) groups excluding carboxylic acids is 1. The highest BCUT2D eigenvalue weighted by atomic mass is 19.4. The standard InChI is InChI=1S/C20H26F6O3/c1-2-3-6-28-17(27)29-18(19(21,22)23,20(24,25)26)14-9-12-8-13(14)16-11-5-4-10(7-11)15(12)16/h10-16H,2-9H2,1H3. The molecule has 0 saturated heterocycles. The number of rotatable bonds is 5. The van der Waals surface area contributed by atoms with Gasteiger partial charge in [0.1, 0.15) is 0 Å². The lowest BCUT2D eigenvalue weighted by Gasteiger charge is -2.47. The van der Waals surface area contributed by atoms with Crippen LogP contribution < -0.4 is 0 Å². The minimum Gasteiger partial charge on any atom is -0.434 e. The maximum atomic E-state index is 14.1. The zero-order valence-corrected chi connectivity index (χ0v) is 16.2. The van der Waals surface area contributed by atoms with Crippen LogP contribution in [-0.4, -0.2) is 30.7 Å². The molecule has 0 aromatic carbocycles. The second-order valence-electron chi connectivity index (χ2n) is 9.27. The molecule has 4 aliphatic rings. The largest absolute Gasteiger partial charge is 0.509 e. The third-order valence-electron chi connectivity index (χ3n) is 8.06. The van der Waals surface area contributed by atoms with Crippen LogP contribution in [0.1, 0.15) is 51.9 Å². The Kier molecular flexibility index (Phi) is 5.05. The molecule has 29 heavy (non-hydrogen) atoms. The molecule has 0 heterocycles. The number of unbranched alkanes of at least 4 members (excludes halogenated alkanes) is 1. The van der Waals surface area contributed by atoms with E-state index in [1.54, 1.807) is 6.92 Å². The van der Waals surface area contributed by atoms with Gasteiger partial charge in [-0.15, -0.1) is 0 Å². The summed E-state index contributed by atoms with van der Waals surface area (Å²) >= 11 is 0. The van der Waals surface area contributed by atoms with Crippen LogP contribution >= 0.6 is 0 Å². The first kappa shape index (κ1) is 21.1. The van der Waals surface area contributed by atoms with Crippen LogP contribution in [0.5, 0.6) is 0 Å². The molecular formula is C20H26F6O3. The molecule has 4 saturated carbocycles.